The molecule has 20 heavy (non-hydrogen) atoms. The number of carbonyl (C=O) groups is 1. The van der Waals surface area contributed by atoms with E-state index in [-0.39, 0.29) is 11.7 Å². The van der Waals surface area contributed by atoms with Crippen molar-refractivity contribution in [1.82, 2.24) is 9.97 Å². The first-order chi connectivity index (χ1) is 9.54. The van der Waals surface area contributed by atoms with Crippen LogP contribution in [0.15, 0.2) is 40.3 Å². The monoisotopic (exact) mass is 289 g/mol. The van der Waals surface area contributed by atoms with Crippen molar-refractivity contribution in [3.63, 3.8) is 0 Å². The molecule has 0 fully saturated rings. The van der Waals surface area contributed by atoms with E-state index in [1.807, 2.05) is 32.0 Å². The third-order valence-electron chi connectivity index (χ3n) is 2.66. The quantitative estimate of drug-likeness (QED) is 0.668. The van der Waals surface area contributed by atoms with Gasteiger partial charge in [-0.1, -0.05) is 29.5 Å². The number of aromatic amines is 1. The molecule has 0 aliphatic rings. The van der Waals surface area contributed by atoms with Crippen molar-refractivity contribution in [2.45, 2.75) is 18.9 Å². The van der Waals surface area contributed by atoms with Gasteiger partial charge in [0.1, 0.15) is 0 Å². The molecule has 2 rings (SSSR count). The number of hydrogen-bond acceptors (Lipinski definition) is 4. The topological polar surface area (TPSA) is 74.8 Å². The Hall–Kier alpha value is -2.08. The number of H-pyrrole nitrogens is 1. The molecule has 1 amide bonds. The van der Waals surface area contributed by atoms with Crippen LogP contribution in [0.3, 0.4) is 0 Å². The molecule has 0 radical (unpaired) electrons. The summed E-state index contributed by atoms with van der Waals surface area (Å²) in [6.45, 7) is 3.96. The van der Waals surface area contributed by atoms with Crippen LogP contribution in [0.1, 0.15) is 11.1 Å². The number of nitrogens with one attached hydrogen (secondary N) is 2. The lowest BCUT2D eigenvalue weighted by atomic mass is 10.1. The van der Waals surface area contributed by atoms with Gasteiger partial charge in [0, 0.05) is 11.9 Å². The summed E-state index contributed by atoms with van der Waals surface area (Å²) in [5.74, 6) is 0.118. The second-order valence-electron chi connectivity index (χ2n) is 4.39. The summed E-state index contributed by atoms with van der Waals surface area (Å²) in [5.41, 5.74) is 2.58. The normalized spacial score (nSPS) is 10.3. The first-order valence-corrected chi connectivity index (χ1v) is 7.08. The number of hydrogen-bond donors (Lipinski definition) is 2. The summed E-state index contributed by atoms with van der Waals surface area (Å²) >= 11 is 1.26. The molecular weight excluding hydrogens is 274 g/mol. The van der Waals surface area contributed by atoms with E-state index in [9.17, 15) is 9.59 Å². The van der Waals surface area contributed by atoms with Crippen molar-refractivity contribution < 1.29 is 4.79 Å². The van der Waals surface area contributed by atoms with Gasteiger partial charge < -0.3 is 10.3 Å². The largest absolute Gasteiger partial charge is 0.345 e. The second-order valence-corrected chi connectivity index (χ2v) is 5.41. The van der Waals surface area contributed by atoms with E-state index in [4.69, 9.17) is 0 Å². The predicted molar refractivity (Wildman–Crippen MR) is 80.1 cm³/mol. The van der Waals surface area contributed by atoms with E-state index in [1.165, 1.54) is 18.0 Å². The van der Waals surface area contributed by atoms with Crippen molar-refractivity contribution in [1.29, 1.82) is 0 Å². The fraction of sp³-hybridized carbons (Fsp3) is 0.214. The predicted octanol–water partition coefficient (Wildman–Crippen LogP) is 2.12. The van der Waals surface area contributed by atoms with Gasteiger partial charge in [-0.15, -0.1) is 0 Å². The number of aromatic nitrogens is 2. The third-order valence-corrected chi connectivity index (χ3v) is 3.62. The molecule has 0 unspecified atom stereocenters. The van der Waals surface area contributed by atoms with E-state index in [0.29, 0.717) is 5.03 Å². The maximum Gasteiger partial charge on any atom is 0.345 e. The van der Waals surface area contributed by atoms with Crippen LogP contribution in [0.5, 0.6) is 0 Å². The zero-order chi connectivity index (χ0) is 14.5. The van der Waals surface area contributed by atoms with Gasteiger partial charge in [-0.05, 0) is 31.5 Å². The van der Waals surface area contributed by atoms with Gasteiger partial charge in [-0.25, -0.2) is 9.78 Å². The Kier molecular flexibility index (Phi) is 4.57. The number of amides is 1. The summed E-state index contributed by atoms with van der Waals surface area (Å²) in [6, 6.07) is 7.53. The molecule has 6 heteroatoms. The van der Waals surface area contributed by atoms with Crippen molar-refractivity contribution in [3.05, 3.63) is 52.1 Å². The number of carbonyl (C=O) groups excluding carboxylic acids is 1. The van der Waals surface area contributed by atoms with Crippen LogP contribution >= 0.6 is 11.8 Å². The average molecular weight is 289 g/mol. The third kappa shape index (κ3) is 3.96. The minimum Gasteiger partial charge on any atom is -0.325 e. The maximum absolute atomic E-state index is 11.9. The Morgan fingerprint density at radius 2 is 2.15 bits per heavy atom. The van der Waals surface area contributed by atoms with Gasteiger partial charge >= 0.3 is 5.69 Å². The average Bonchev–Trinajstić information content (AvgIpc) is 2.40. The van der Waals surface area contributed by atoms with Gasteiger partial charge in [-0.2, -0.15) is 0 Å². The van der Waals surface area contributed by atoms with Crippen molar-refractivity contribution >= 4 is 23.4 Å². The molecule has 0 saturated heterocycles. The number of thioether (sulfide) groups is 1. The van der Waals surface area contributed by atoms with E-state index >= 15 is 0 Å². The minimum absolute atomic E-state index is 0.111. The van der Waals surface area contributed by atoms with Crippen LogP contribution in [-0.2, 0) is 4.79 Å². The molecule has 1 aromatic heterocycles. The van der Waals surface area contributed by atoms with Crippen LogP contribution < -0.4 is 11.0 Å². The summed E-state index contributed by atoms with van der Waals surface area (Å²) in [6.07, 6.45) is 1.42. The van der Waals surface area contributed by atoms with Gasteiger partial charge in [0.2, 0.25) is 5.91 Å². The second kappa shape index (κ2) is 6.38. The summed E-state index contributed by atoms with van der Waals surface area (Å²) < 4.78 is 0. The summed E-state index contributed by atoms with van der Waals surface area (Å²) in [4.78, 5) is 29.0. The minimum atomic E-state index is -0.412. The van der Waals surface area contributed by atoms with Crippen molar-refractivity contribution in [2.24, 2.45) is 0 Å². The van der Waals surface area contributed by atoms with Crippen LogP contribution in [0.4, 0.5) is 5.69 Å². The van der Waals surface area contributed by atoms with Gasteiger partial charge in [-0.3, -0.25) is 4.79 Å². The lowest BCUT2D eigenvalue weighted by Gasteiger charge is -2.08. The molecule has 0 spiro atoms. The molecule has 0 aliphatic carbocycles. The standard InChI is InChI=1S/C14H15N3O2S/c1-9-3-4-11(10(2)7-9)16-12(18)8-20-13-5-6-15-14(19)17-13/h3-7H,8H2,1-2H3,(H,16,18)(H,15,17,19). The Morgan fingerprint density at radius 1 is 1.35 bits per heavy atom. The van der Waals surface area contributed by atoms with E-state index in [1.54, 1.807) is 6.07 Å². The highest BCUT2D eigenvalue weighted by molar-refractivity contribution is 7.99. The van der Waals surface area contributed by atoms with Crippen LogP contribution in [0, 0.1) is 13.8 Å². The molecule has 0 saturated carbocycles. The zero-order valence-electron chi connectivity index (χ0n) is 11.3. The van der Waals surface area contributed by atoms with Crippen LogP contribution in [0.25, 0.3) is 0 Å². The molecule has 0 atom stereocenters. The lowest BCUT2D eigenvalue weighted by molar-refractivity contribution is -0.113. The van der Waals surface area contributed by atoms with Crippen molar-refractivity contribution in [3.8, 4) is 0 Å². The Balaban J connectivity index is 1.94. The number of benzene rings is 1. The number of aryl methyl sites for hydroxylation is 2. The van der Waals surface area contributed by atoms with Gasteiger partial charge in [0.25, 0.3) is 0 Å². The highest BCUT2D eigenvalue weighted by Gasteiger charge is 2.06. The summed E-state index contributed by atoms with van der Waals surface area (Å²) in [7, 11) is 0. The van der Waals surface area contributed by atoms with Crippen molar-refractivity contribution in [2.75, 3.05) is 11.1 Å². The highest BCUT2D eigenvalue weighted by Crippen LogP contribution is 2.17. The molecule has 0 aliphatic heterocycles. The zero-order valence-corrected chi connectivity index (χ0v) is 12.1. The van der Waals surface area contributed by atoms with Gasteiger partial charge in [0.05, 0.1) is 10.8 Å². The number of anilines is 1. The fourth-order valence-corrected chi connectivity index (χ4v) is 2.39. The number of nitrogens with zero attached hydrogens (tertiary/aromatic N) is 1. The fourth-order valence-electron chi connectivity index (χ4n) is 1.72. The molecule has 2 N–H and O–H groups in total. The smallest absolute Gasteiger partial charge is 0.325 e. The Labute approximate surface area is 120 Å². The first kappa shape index (κ1) is 14.3. The molecule has 104 valence electrons. The van der Waals surface area contributed by atoms with E-state index < -0.39 is 5.69 Å². The lowest BCUT2D eigenvalue weighted by Crippen LogP contribution is -2.16. The molecule has 1 heterocycles. The molecule has 2 aromatic rings. The number of rotatable bonds is 4. The van der Waals surface area contributed by atoms with Gasteiger partial charge in [0.15, 0.2) is 0 Å². The molecule has 5 nitrogen and oxygen atoms in total. The van der Waals surface area contributed by atoms with E-state index in [2.05, 4.69) is 15.3 Å². The van der Waals surface area contributed by atoms with E-state index in [0.717, 1.165) is 16.8 Å². The Morgan fingerprint density at radius 3 is 2.85 bits per heavy atom. The summed E-state index contributed by atoms with van der Waals surface area (Å²) in [5, 5.41) is 3.48. The molecular formula is C14H15N3O2S. The SMILES string of the molecule is Cc1ccc(NC(=O)CSc2ccnc(=O)[nH]2)c(C)c1. The maximum atomic E-state index is 11.9. The molecule has 1 aromatic carbocycles. The highest BCUT2D eigenvalue weighted by atomic mass is 32.2. The first-order valence-electron chi connectivity index (χ1n) is 6.10. The van der Waals surface area contributed by atoms with Crippen LogP contribution in [0.2, 0.25) is 0 Å². The Bertz CT molecular complexity index is 682. The van der Waals surface area contributed by atoms with Crippen LogP contribution in [-0.4, -0.2) is 21.6 Å². The molecule has 0 bridgehead atoms.